The molecule has 164 valence electrons. The monoisotopic (exact) mass is 478 g/mol. The number of rotatable bonds is 3. The molecule has 1 aliphatic rings. The summed E-state index contributed by atoms with van der Waals surface area (Å²) in [6, 6.07) is 16.6. The molecular weight excluding hydrogens is 463 g/mol. The molecule has 0 radical (unpaired) electrons. The Hall–Kier alpha value is -3.55. The third kappa shape index (κ3) is 3.69. The van der Waals surface area contributed by atoms with Crippen molar-refractivity contribution < 1.29 is 19.1 Å². The van der Waals surface area contributed by atoms with Crippen molar-refractivity contribution in [3.8, 4) is 0 Å². The molecule has 1 atom stereocenters. The topological polar surface area (TPSA) is 70.5 Å². The average Bonchev–Trinajstić information content (AvgIpc) is 3.32. The SMILES string of the molecule is Cc1ccc2nc(N3C(=O)C(=O)/C(=C(/O)c4ccc(F)cc4)[C@@H]3c3ccc(Cl)cc3)sc2c1. The number of fused-ring (bicyclic) bond motifs is 1. The first-order chi connectivity index (χ1) is 15.8. The first kappa shape index (κ1) is 21.3. The number of nitrogens with zero attached hydrogens (tertiary/aromatic N) is 2. The lowest BCUT2D eigenvalue weighted by molar-refractivity contribution is -0.132. The number of hydrogen-bond acceptors (Lipinski definition) is 5. The van der Waals surface area contributed by atoms with Crippen molar-refractivity contribution in [1.29, 1.82) is 0 Å². The van der Waals surface area contributed by atoms with Crippen LogP contribution in [0.1, 0.15) is 22.7 Å². The number of Topliss-reactive ketones (excluding diaryl/α,β-unsaturated/α-hetero) is 1. The first-order valence-corrected chi connectivity index (χ1v) is 11.2. The van der Waals surface area contributed by atoms with Crippen molar-refractivity contribution >= 4 is 55.7 Å². The minimum atomic E-state index is -0.922. The molecule has 1 aliphatic heterocycles. The number of carbonyl (C=O) groups is 2. The number of anilines is 1. The zero-order valence-corrected chi connectivity index (χ0v) is 18.8. The van der Waals surface area contributed by atoms with Crippen molar-refractivity contribution in [3.63, 3.8) is 0 Å². The van der Waals surface area contributed by atoms with E-state index in [9.17, 15) is 19.1 Å². The summed E-state index contributed by atoms with van der Waals surface area (Å²) >= 11 is 7.34. The van der Waals surface area contributed by atoms with Crippen LogP contribution in [0, 0.1) is 12.7 Å². The van der Waals surface area contributed by atoms with Gasteiger partial charge in [0.05, 0.1) is 21.8 Å². The Morgan fingerprint density at radius 3 is 2.45 bits per heavy atom. The number of aliphatic hydroxyl groups excluding tert-OH is 1. The Morgan fingerprint density at radius 1 is 1.06 bits per heavy atom. The summed E-state index contributed by atoms with van der Waals surface area (Å²) in [7, 11) is 0. The fourth-order valence-corrected chi connectivity index (χ4v) is 5.09. The van der Waals surface area contributed by atoms with Gasteiger partial charge in [-0.2, -0.15) is 0 Å². The number of aliphatic hydroxyl groups is 1. The van der Waals surface area contributed by atoms with Gasteiger partial charge in [-0.1, -0.05) is 41.1 Å². The van der Waals surface area contributed by atoms with E-state index in [4.69, 9.17) is 11.6 Å². The number of thiazole rings is 1. The lowest BCUT2D eigenvalue weighted by Crippen LogP contribution is -2.29. The van der Waals surface area contributed by atoms with Crippen LogP contribution < -0.4 is 4.90 Å². The number of aromatic nitrogens is 1. The summed E-state index contributed by atoms with van der Waals surface area (Å²) in [5.74, 6) is -2.50. The fourth-order valence-electron chi connectivity index (χ4n) is 3.88. The molecule has 33 heavy (non-hydrogen) atoms. The van der Waals surface area contributed by atoms with Gasteiger partial charge in [0.1, 0.15) is 11.6 Å². The molecule has 3 aromatic carbocycles. The molecule has 1 fully saturated rings. The number of amides is 1. The molecule has 1 aromatic heterocycles. The van der Waals surface area contributed by atoms with Gasteiger partial charge in [-0.3, -0.25) is 14.5 Å². The summed E-state index contributed by atoms with van der Waals surface area (Å²) in [6.07, 6.45) is 0. The molecule has 0 saturated carbocycles. The lowest BCUT2D eigenvalue weighted by atomic mass is 9.95. The Bertz CT molecular complexity index is 1450. The van der Waals surface area contributed by atoms with Crippen LogP contribution in [0.4, 0.5) is 9.52 Å². The molecule has 1 N–H and O–H groups in total. The van der Waals surface area contributed by atoms with Crippen LogP contribution >= 0.6 is 22.9 Å². The zero-order chi connectivity index (χ0) is 23.3. The van der Waals surface area contributed by atoms with E-state index in [1.54, 1.807) is 24.3 Å². The van der Waals surface area contributed by atoms with E-state index in [1.807, 2.05) is 25.1 Å². The van der Waals surface area contributed by atoms with E-state index in [-0.39, 0.29) is 16.9 Å². The average molecular weight is 479 g/mol. The normalized spacial score (nSPS) is 17.8. The fraction of sp³-hybridized carbons (Fsp3) is 0.0800. The predicted octanol–water partition coefficient (Wildman–Crippen LogP) is 6.02. The highest BCUT2D eigenvalue weighted by Gasteiger charge is 2.48. The van der Waals surface area contributed by atoms with E-state index in [2.05, 4.69) is 4.98 Å². The highest BCUT2D eigenvalue weighted by atomic mass is 35.5. The molecule has 0 bridgehead atoms. The van der Waals surface area contributed by atoms with Crippen LogP contribution in [0.5, 0.6) is 0 Å². The van der Waals surface area contributed by atoms with Gasteiger partial charge in [-0.15, -0.1) is 0 Å². The summed E-state index contributed by atoms with van der Waals surface area (Å²) in [4.78, 5) is 32.3. The number of benzene rings is 3. The van der Waals surface area contributed by atoms with E-state index in [0.29, 0.717) is 21.2 Å². The van der Waals surface area contributed by atoms with Gasteiger partial charge in [0.2, 0.25) is 0 Å². The van der Waals surface area contributed by atoms with Gasteiger partial charge in [0, 0.05) is 10.6 Å². The summed E-state index contributed by atoms with van der Waals surface area (Å²) < 4.78 is 14.3. The Balaban J connectivity index is 1.73. The molecule has 8 heteroatoms. The maximum absolute atomic E-state index is 13.4. The molecule has 1 saturated heterocycles. The molecule has 2 heterocycles. The molecule has 4 aromatic rings. The van der Waals surface area contributed by atoms with Crippen molar-refractivity contribution in [3.05, 3.63) is 99.8 Å². The number of aryl methyl sites for hydroxylation is 1. The smallest absolute Gasteiger partial charge is 0.301 e. The minimum absolute atomic E-state index is 0.0932. The van der Waals surface area contributed by atoms with Crippen LogP contribution in [0.15, 0.2) is 72.3 Å². The first-order valence-electron chi connectivity index (χ1n) is 10.0. The highest BCUT2D eigenvalue weighted by Crippen LogP contribution is 2.44. The Kier molecular flexibility index (Phi) is 5.23. The van der Waals surface area contributed by atoms with Gasteiger partial charge in [0.25, 0.3) is 5.78 Å². The van der Waals surface area contributed by atoms with E-state index >= 15 is 0 Å². The minimum Gasteiger partial charge on any atom is -0.507 e. The molecule has 0 spiro atoms. The van der Waals surface area contributed by atoms with Crippen LogP contribution in [0.3, 0.4) is 0 Å². The second kappa shape index (κ2) is 8.10. The zero-order valence-electron chi connectivity index (χ0n) is 17.3. The van der Waals surface area contributed by atoms with Crippen LogP contribution in [0.2, 0.25) is 5.02 Å². The molecule has 5 nitrogen and oxygen atoms in total. The van der Waals surface area contributed by atoms with E-state index in [0.717, 1.165) is 10.3 Å². The van der Waals surface area contributed by atoms with Gasteiger partial charge < -0.3 is 5.11 Å². The third-order valence-corrected chi connectivity index (χ3v) is 6.76. The Labute approximate surface area is 197 Å². The molecule has 5 rings (SSSR count). The van der Waals surface area contributed by atoms with E-state index in [1.165, 1.54) is 40.5 Å². The van der Waals surface area contributed by atoms with Crippen molar-refractivity contribution in [2.24, 2.45) is 0 Å². The molecule has 0 unspecified atom stereocenters. The second-order valence-corrected chi connectivity index (χ2v) is 9.14. The van der Waals surface area contributed by atoms with Crippen molar-refractivity contribution in [2.75, 3.05) is 4.90 Å². The molecular formula is C25H16ClFN2O3S. The predicted molar refractivity (Wildman–Crippen MR) is 127 cm³/mol. The number of hydrogen-bond donors (Lipinski definition) is 1. The standard InChI is InChI=1S/C25H16ClFN2O3S/c1-13-2-11-18-19(12-13)33-25(28-18)29-21(14-3-7-16(26)8-4-14)20(23(31)24(29)32)22(30)15-5-9-17(27)10-6-15/h2-12,21,30H,1H3/b22-20+/t21-/m0/s1. The number of ketones is 1. The summed E-state index contributed by atoms with van der Waals surface area (Å²) in [6.45, 7) is 1.96. The molecule has 0 aliphatic carbocycles. The van der Waals surface area contributed by atoms with Gasteiger partial charge in [-0.05, 0) is 66.6 Å². The van der Waals surface area contributed by atoms with Crippen molar-refractivity contribution in [1.82, 2.24) is 4.98 Å². The largest absolute Gasteiger partial charge is 0.507 e. The van der Waals surface area contributed by atoms with Gasteiger partial charge in [0.15, 0.2) is 5.13 Å². The molecule has 1 amide bonds. The van der Waals surface area contributed by atoms with Crippen LogP contribution in [0.25, 0.3) is 16.0 Å². The maximum atomic E-state index is 13.4. The van der Waals surface area contributed by atoms with Gasteiger partial charge >= 0.3 is 5.91 Å². The van der Waals surface area contributed by atoms with E-state index < -0.39 is 23.5 Å². The number of halogens is 2. The van der Waals surface area contributed by atoms with Gasteiger partial charge in [-0.25, -0.2) is 9.37 Å². The highest BCUT2D eigenvalue weighted by molar-refractivity contribution is 7.22. The van der Waals surface area contributed by atoms with Crippen LogP contribution in [-0.2, 0) is 9.59 Å². The quantitative estimate of drug-likeness (QED) is 0.222. The van der Waals surface area contributed by atoms with Crippen LogP contribution in [-0.4, -0.2) is 21.8 Å². The lowest BCUT2D eigenvalue weighted by Gasteiger charge is -2.23. The van der Waals surface area contributed by atoms with Crippen molar-refractivity contribution in [2.45, 2.75) is 13.0 Å². The third-order valence-electron chi connectivity index (χ3n) is 5.49. The number of carbonyl (C=O) groups excluding carboxylic acids is 2. The summed E-state index contributed by atoms with van der Waals surface area (Å²) in [5, 5.41) is 11.9. The maximum Gasteiger partial charge on any atom is 0.301 e. The summed E-state index contributed by atoms with van der Waals surface area (Å²) in [5.41, 5.74) is 2.47. The second-order valence-electron chi connectivity index (χ2n) is 7.70. The Morgan fingerprint density at radius 2 is 1.76 bits per heavy atom.